The van der Waals surface area contributed by atoms with Gasteiger partial charge in [0.15, 0.2) is 0 Å². The average molecular weight is 235 g/mol. The molecular formula is C12H17N3O2. The van der Waals surface area contributed by atoms with Crippen molar-refractivity contribution in [2.24, 2.45) is 0 Å². The lowest BCUT2D eigenvalue weighted by Gasteiger charge is -2.11. The molecule has 0 saturated carbocycles. The molecule has 0 spiro atoms. The highest BCUT2D eigenvalue weighted by Gasteiger charge is 2.08. The summed E-state index contributed by atoms with van der Waals surface area (Å²) in [6.45, 7) is 2.40. The van der Waals surface area contributed by atoms with Crippen LogP contribution in [0.5, 0.6) is 0 Å². The van der Waals surface area contributed by atoms with E-state index in [0.717, 1.165) is 0 Å². The first-order valence-electron chi connectivity index (χ1n) is 5.41. The second-order valence-electron chi connectivity index (χ2n) is 3.76. The number of hydrogen-bond donors (Lipinski definition) is 2. The van der Waals surface area contributed by atoms with Gasteiger partial charge >= 0.3 is 6.03 Å². The molecule has 1 aromatic rings. The fourth-order valence-electron chi connectivity index (χ4n) is 1.32. The van der Waals surface area contributed by atoms with Gasteiger partial charge in [0.2, 0.25) is 0 Å². The Morgan fingerprint density at radius 3 is 2.59 bits per heavy atom. The minimum atomic E-state index is -0.276. The van der Waals surface area contributed by atoms with E-state index >= 15 is 0 Å². The lowest BCUT2D eigenvalue weighted by atomic mass is 10.2. The van der Waals surface area contributed by atoms with Crippen molar-refractivity contribution in [1.29, 1.82) is 0 Å². The molecule has 0 heterocycles. The number of benzene rings is 1. The van der Waals surface area contributed by atoms with Gasteiger partial charge in [-0.25, -0.2) is 4.79 Å². The van der Waals surface area contributed by atoms with Crippen LogP contribution >= 0.6 is 0 Å². The zero-order valence-corrected chi connectivity index (χ0v) is 10.3. The summed E-state index contributed by atoms with van der Waals surface area (Å²) in [5.74, 6) is -0.0930. The van der Waals surface area contributed by atoms with E-state index < -0.39 is 0 Å². The van der Waals surface area contributed by atoms with Crippen molar-refractivity contribution in [3.8, 4) is 0 Å². The zero-order chi connectivity index (χ0) is 12.8. The molecule has 2 N–H and O–H groups in total. The Hall–Kier alpha value is -2.04. The molecule has 0 bridgehead atoms. The summed E-state index contributed by atoms with van der Waals surface area (Å²) in [6, 6.07) is 6.56. The number of hydrogen-bond acceptors (Lipinski definition) is 2. The van der Waals surface area contributed by atoms with Crippen LogP contribution in [0.2, 0.25) is 0 Å². The second-order valence-corrected chi connectivity index (χ2v) is 3.76. The molecule has 0 atom stereocenters. The molecule has 0 radical (unpaired) electrons. The van der Waals surface area contributed by atoms with Crippen molar-refractivity contribution in [3.05, 3.63) is 29.8 Å². The Labute approximate surface area is 101 Å². The first kappa shape index (κ1) is 13.0. The van der Waals surface area contributed by atoms with Gasteiger partial charge in [-0.2, -0.15) is 0 Å². The normalized spacial score (nSPS) is 9.59. The summed E-state index contributed by atoms with van der Waals surface area (Å²) in [4.78, 5) is 24.5. The maximum atomic E-state index is 11.7. The quantitative estimate of drug-likeness (QED) is 0.834. The van der Waals surface area contributed by atoms with E-state index in [1.54, 1.807) is 38.4 Å². The van der Waals surface area contributed by atoms with Crippen molar-refractivity contribution in [3.63, 3.8) is 0 Å². The summed E-state index contributed by atoms with van der Waals surface area (Å²) in [6.07, 6.45) is 0. The Morgan fingerprint density at radius 2 is 2.00 bits per heavy atom. The van der Waals surface area contributed by atoms with Crippen LogP contribution < -0.4 is 10.6 Å². The number of carbonyl (C=O) groups excluding carboxylic acids is 2. The maximum Gasteiger partial charge on any atom is 0.319 e. The largest absolute Gasteiger partial charge is 0.345 e. The highest BCUT2D eigenvalue weighted by molar-refractivity contribution is 5.96. The summed E-state index contributed by atoms with van der Waals surface area (Å²) < 4.78 is 0. The first-order chi connectivity index (χ1) is 8.04. The molecule has 0 fully saturated rings. The highest BCUT2D eigenvalue weighted by Crippen LogP contribution is 2.11. The Morgan fingerprint density at radius 1 is 1.29 bits per heavy atom. The Bertz CT molecular complexity index is 416. The summed E-state index contributed by atoms with van der Waals surface area (Å²) in [7, 11) is 3.37. The molecule has 3 amide bonds. The minimum absolute atomic E-state index is 0.0930. The molecule has 0 aliphatic carbocycles. The molecular weight excluding hydrogens is 218 g/mol. The fraction of sp³-hybridized carbons (Fsp3) is 0.333. The van der Waals surface area contributed by atoms with Crippen LogP contribution in [0.4, 0.5) is 10.5 Å². The van der Waals surface area contributed by atoms with E-state index in [1.807, 2.05) is 6.92 Å². The average Bonchev–Trinajstić information content (AvgIpc) is 2.28. The van der Waals surface area contributed by atoms with Crippen molar-refractivity contribution in [2.75, 3.05) is 26.0 Å². The first-order valence-corrected chi connectivity index (χ1v) is 5.41. The van der Waals surface area contributed by atoms with Gasteiger partial charge in [-0.05, 0) is 25.1 Å². The minimum Gasteiger partial charge on any atom is -0.345 e. The number of nitrogens with zero attached hydrogens (tertiary/aromatic N) is 1. The molecule has 17 heavy (non-hydrogen) atoms. The number of carbonyl (C=O) groups is 2. The van der Waals surface area contributed by atoms with Crippen LogP contribution in [0.1, 0.15) is 17.3 Å². The molecule has 0 unspecified atom stereocenters. The maximum absolute atomic E-state index is 11.7. The summed E-state index contributed by atoms with van der Waals surface area (Å²) >= 11 is 0. The Balaban J connectivity index is 2.79. The van der Waals surface area contributed by atoms with Crippen LogP contribution in [-0.2, 0) is 0 Å². The van der Waals surface area contributed by atoms with E-state index in [2.05, 4.69) is 10.6 Å². The smallest absolute Gasteiger partial charge is 0.319 e. The van der Waals surface area contributed by atoms with E-state index in [1.165, 1.54) is 4.90 Å². The number of nitrogens with one attached hydrogen (secondary N) is 2. The third-order valence-corrected chi connectivity index (χ3v) is 2.11. The number of anilines is 1. The van der Waals surface area contributed by atoms with Gasteiger partial charge in [0.05, 0.1) is 0 Å². The second kappa shape index (κ2) is 5.89. The Kier molecular flexibility index (Phi) is 4.51. The molecule has 1 rings (SSSR count). The van der Waals surface area contributed by atoms with Gasteiger partial charge in [0.1, 0.15) is 0 Å². The molecule has 5 heteroatoms. The molecule has 5 nitrogen and oxygen atoms in total. The summed E-state index contributed by atoms with van der Waals surface area (Å²) in [5, 5.41) is 5.28. The number of urea groups is 1. The van der Waals surface area contributed by atoms with Crippen LogP contribution in [0, 0.1) is 0 Å². The monoisotopic (exact) mass is 235 g/mol. The predicted octanol–water partition coefficient (Wildman–Crippen LogP) is 1.53. The van der Waals surface area contributed by atoms with Gasteiger partial charge in [-0.1, -0.05) is 6.07 Å². The topological polar surface area (TPSA) is 61.4 Å². The van der Waals surface area contributed by atoms with Crippen molar-refractivity contribution < 1.29 is 9.59 Å². The molecule has 0 saturated heterocycles. The fourth-order valence-corrected chi connectivity index (χ4v) is 1.32. The van der Waals surface area contributed by atoms with Crippen molar-refractivity contribution in [2.45, 2.75) is 6.92 Å². The number of amides is 3. The summed E-state index contributed by atoms with van der Waals surface area (Å²) in [5.41, 5.74) is 1.15. The van der Waals surface area contributed by atoms with E-state index in [9.17, 15) is 9.59 Å². The van der Waals surface area contributed by atoms with Gasteiger partial charge in [0, 0.05) is 31.9 Å². The van der Waals surface area contributed by atoms with E-state index in [-0.39, 0.29) is 11.9 Å². The third-order valence-electron chi connectivity index (χ3n) is 2.11. The molecule has 1 aromatic carbocycles. The lowest BCUT2D eigenvalue weighted by molar-refractivity contribution is 0.0827. The van der Waals surface area contributed by atoms with Crippen LogP contribution in [0.25, 0.3) is 0 Å². The van der Waals surface area contributed by atoms with E-state index in [0.29, 0.717) is 17.8 Å². The van der Waals surface area contributed by atoms with Gasteiger partial charge in [-0.15, -0.1) is 0 Å². The van der Waals surface area contributed by atoms with Gasteiger partial charge < -0.3 is 15.5 Å². The SMILES string of the molecule is CCNC(=O)Nc1cccc(C(=O)N(C)C)c1. The highest BCUT2D eigenvalue weighted by atomic mass is 16.2. The molecule has 92 valence electrons. The zero-order valence-electron chi connectivity index (χ0n) is 10.3. The number of rotatable bonds is 3. The van der Waals surface area contributed by atoms with Crippen molar-refractivity contribution >= 4 is 17.6 Å². The standard InChI is InChI=1S/C12H17N3O2/c1-4-13-12(17)14-10-7-5-6-9(8-10)11(16)15(2)3/h5-8H,4H2,1-3H3,(H2,13,14,17). The van der Waals surface area contributed by atoms with E-state index in [4.69, 9.17) is 0 Å². The van der Waals surface area contributed by atoms with Crippen LogP contribution in [-0.4, -0.2) is 37.5 Å². The molecule has 0 aliphatic rings. The third kappa shape index (κ3) is 3.79. The van der Waals surface area contributed by atoms with Gasteiger partial charge in [-0.3, -0.25) is 4.79 Å². The van der Waals surface area contributed by atoms with Crippen LogP contribution in [0.3, 0.4) is 0 Å². The van der Waals surface area contributed by atoms with Crippen molar-refractivity contribution in [1.82, 2.24) is 10.2 Å². The van der Waals surface area contributed by atoms with Crippen LogP contribution in [0.15, 0.2) is 24.3 Å². The van der Waals surface area contributed by atoms with Gasteiger partial charge in [0.25, 0.3) is 5.91 Å². The lowest BCUT2D eigenvalue weighted by Crippen LogP contribution is -2.28. The molecule has 0 aromatic heterocycles. The molecule has 0 aliphatic heterocycles. The predicted molar refractivity (Wildman–Crippen MR) is 67.2 cm³/mol.